The van der Waals surface area contributed by atoms with Crippen molar-refractivity contribution in [3.8, 4) is 11.1 Å². The fourth-order valence-electron chi connectivity index (χ4n) is 1.99. The summed E-state index contributed by atoms with van der Waals surface area (Å²) >= 11 is 5.96. The van der Waals surface area contributed by atoms with Gasteiger partial charge in [0.25, 0.3) is 0 Å². The molecule has 17 heavy (non-hydrogen) atoms. The Balaban J connectivity index is 2.48. The summed E-state index contributed by atoms with van der Waals surface area (Å²) in [6.45, 7) is 4.18. The summed E-state index contributed by atoms with van der Waals surface area (Å²) in [6, 6.07) is 10.6. The van der Waals surface area contributed by atoms with Crippen LogP contribution in [0.25, 0.3) is 11.1 Å². The van der Waals surface area contributed by atoms with Crippen LogP contribution in [0.1, 0.15) is 24.5 Å². The van der Waals surface area contributed by atoms with Crippen LogP contribution in [0.15, 0.2) is 36.5 Å². The Morgan fingerprint density at radius 3 is 2.71 bits per heavy atom. The number of halogens is 1. The van der Waals surface area contributed by atoms with Crippen LogP contribution in [-0.2, 0) is 6.42 Å². The van der Waals surface area contributed by atoms with Crippen LogP contribution in [0, 0.1) is 6.92 Å². The zero-order chi connectivity index (χ0) is 12.3. The lowest BCUT2D eigenvalue weighted by atomic mass is 9.97. The van der Waals surface area contributed by atoms with E-state index in [1.165, 1.54) is 11.1 Å². The number of hydrogen-bond donors (Lipinski definition) is 0. The highest BCUT2D eigenvalue weighted by Crippen LogP contribution is 2.26. The maximum Gasteiger partial charge on any atom is 0.131 e. The highest BCUT2D eigenvalue weighted by atomic mass is 35.5. The quantitative estimate of drug-likeness (QED) is 0.717. The summed E-state index contributed by atoms with van der Waals surface area (Å²) in [5.74, 6) is 0. The number of aryl methyl sites for hydroxylation is 2. The van der Waals surface area contributed by atoms with Gasteiger partial charge in [-0.1, -0.05) is 49.2 Å². The predicted octanol–water partition coefficient (Wildman–Crippen LogP) is 4.66. The van der Waals surface area contributed by atoms with E-state index in [1.54, 1.807) is 0 Å². The summed E-state index contributed by atoms with van der Waals surface area (Å²) < 4.78 is 0. The van der Waals surface area contributed by atoms with Crippen molar-refractivity contribution >= 4 is 11.6 Å². The fraction of sp³-hybridized carbons (Fsp3) is 0.267. The van der Waals surface area contributed by atoms with Crippen molar-refractivity contribution in [2.75, 3.05) is 0 Å². The van der Waals surface area contributed by atoms with Gasteiger partial charge in [0.15, 0.2) is 0 Å². The first-order valence-corrected chi connectivity index (χ1v) is 6.30. The maximum atomic E-state index is 5.96. The molecule has 0 aliphatic carbocycles. The molecule has 0 saturated carbocycles. The molecule has 0 radical (unpaired) electrons. The minimum absolute atomic E-state index is 0.585. The molecule has 2 heteroatoms. The van der Waals surface area contributed by atoms with Gasteiger partial charge in [-0.15, -0.1) is 0 Å². The van der Waals surface area contributed by atoms with Crippen molar-refractivity contribution in [1.29, 1.82) is 0 Å². The van der Waals surface area contributed by atoms with Gasteiger partial charge in [-0.25, -0.2) is 4.98 Å². The van der Waals surface area contributed by atoms with E-state index < -0.39 is 0 Å². The second kappa shape index (κ2) is 5.33. The van der Waals surface area contributed by atoms with Crippen LogP contribution >= 0.6 is 11.6 Å². The van der Waals surface area contributed by atoms with Gasteiger partial charge in [-0.2, -0.15) is 0 Å². The standard InChI is InChI=1S/C15H16ClN/c1-3-6-12-7-4-5-8-14(12)13-9-11(2)15(16)17-10-13/h4-5,7-10H,3,6H2,1-2H3. The zero-order valence-corrected chi connectivity index (χ0v) is 11.0. The van der Waals surface area contributed by atoms with E-state index in [-0.39, 0.29) is 0 Å². The molecule has 0 bridgehead atoms. The second-order valence-electron chi connectivity index (χ2n) is 4.24. The van der Waals surface area contributed by atoms with E-state index in [1.807, 2.05) is 13.1 Å². The van der Waals surface area contributed by atoms with Crippen molar-refractivity contribution in [3.05, 3.63) is 52.8 Å². The molecule has 88 valence electrons. The molecule has 0 atom stereocenters. The Morgan fingerprint density at radius 2 is 2.00 bits per heavy atom. The van der Waals surface area contributed by atoms with Crippen LogP contribution in [0.5, 0.6) is 0 Å². The second-order valence-corrected chi connectivity index (χ2v) is 4.60. The molecule has 1 nitrogen and oxygen atoms in total. The molecule has 0 fully saturated rings. The normalized spacial score (nSPS) is 10.5. The lowest BCUT2D eigenvalue weighted by Gasteiger charge is -2.09. The molecule has 0 N–H and O–H groups in total. The lowest BCUT2D eigenvalue weighted by Crippen LogP contribution is -1.91. The molecular formula is C15H16ClN. The maximum absolute atomic E-state index is 5.96. The third kappa shape index (κ3) is 2.67. The van der Waals surface area contributed by atoms with Gasteiger partial charge >= 0.3 is 0 Å². The number of aromatic nitrogens is 1. The number of rotatable bonds is 3. The Hall–Kier alpha value is -1.34. The van der Waals surface area contributed by atoms with E-state index in [0.29, 0.717) is 5.15 Å². The molecule has 2 aromatic rings. The summed E-state index contributed by atoms with van der Waals surface area (Å²) in [7, 11) is 0. The SMILES string of the molecule is CCCc1ccccc1-c1cnc(Cl)c(C)c1. The number of nitrogens with zero attached hydrogens (tertiary/aromatic N) is 1. The molecule has 2 rings (SSSR count). The molecular weight excluding hydrogens is 230 g/mol. The summed E-state index contributed by atoms with van der Waals surface area (Å²) in [5, 5.41) is 0.585. The first-order valence-electron chi connectivity index (χ1n) is 5.92. The zero-order valence-electron chi connectivity index (χ0n) is 10.2. The highest BCUT2D eigenvalue weighted by molar-refractivity contribution is 6.30. The van der Waals surface area contributed by atoms with Crippen molar-refractivity contribution in [1.82, 2.24) is 4.98 Å². The van der Waals surface area contributed by atoms with Crippen LogP contribution in [0.2, 0.25) is 5.15 Å². The van der Waals surface area contributed by atoms with Gasteiger partial charge in [0, 0.05) is 11.8 Å². The molecule has 1 heterocycles. The Kier molecular flexibility index (Phi) is 3.80. The summed E-state index contributed by atoms with van der Waals surface area (Å²) in [5.41, 5.74) is 4.81. The van der Waals surface area contributed by atoms with E-state index in [2.05, 4.69) is 42.2 Å². The molecule has 1 aromatic carbocycles. The summed E-state index contributed by atoms with van der Waals surface area (Å²) in [6.07, 6.45) is 4.10. The van der Waals surface area contributed by atoms with Crippen LogP contribution in [0.4, 0.5) is 0 Å². The predicted molar refractivity (Wildman–Crippen MR) is 73.4 cm³/mol. The fourth-order valence-corrected chi connectivity index (χ4v) is 2.10. The van der Waals surface area contributed by atoms with Crippen LogP contribution in [-0.4, -0.2) is 4.98 Å². The van der Waals surface area contributed by atoms with E-state index in [0.717, 1.165) is 24.0 Å². The van der Waals surface area contributed by atoms with Gasteiger partial charge in [-0.05, 0) is 36.1 Å². The number of benzene rings is 1. The van der Waals surface area contributed by atoms with Crippen molar-refractivity contribution in [2.45, 2.75) is 26.7 Å². The smallest absolute Gasteiger partial charge is 0.131 e. The molecule has 0 aliphatic rings. The first-order chi connectivity index (χ1) is 8.22. The molecule has 0 aliphatic heterocycles. The van der Waals surface area contributed by atoms with Gasteiger partial charge in [0.2, 0.25) is 0 Å². The average molecular weight is 246 g/mol. The van der Waals surface area contributed by atoms with Crippen molar-refractivity contribution in [2.24, 2.45) is 0 Å². The topological polar surface area (TPSA) is 12.9 Å². The van der Waals surface area contributed by atoms with Gasteiger partial charge in [-0.3, -0.25) is 0 Å². The lowest BCUT2D eigenvalue weighted by molar-refractivity contribution is 0.923. The highest BCUT2D eigenvalue weighted by Gasteiger charge is 2.06. The van der Waals surface area contributed by atoms with Gasteiger partial charge in [0.05, 0.1) is 0 Å². The summed E-state index contributed by atoms with van der Waals surface area (Å²) in [4.78, 5) is 4.22. The van der Waals surface area contributed by atoms with Gasteiger partial charge < -0.3 is 0 Å². The largest absolute Gasteiger partial charge is 0.244 e. The van der Waals surface area contributed by atoms with Gasteiger partial charge in [0.1, 0.15) is 5.15 Å². The van der Waals surface area contributed by atoms with E-state index >= 15 is 0 Å². The number of pyridine rings is 1. The minimum atomic E-state index is 0.585. The van der Waals surface area contributed by atoms with E-state index in [4.69, 9.17) is 11.6 Å². The van der Waals surface area contributed by atoms with E-state index in [9.17, 15) is 0 Å². The number of hydrogen-bond acceptors (Lipinski definition) is 1. The molecule has 0 spiro atoms. The Bertz CT molecular complexity index is 520. The molecule has 1 aromatic heterocycles. The van der Waals surface area contributed by atoms with Crippen molar-refractivity contribution in [3.63, 3.8) is 0 Å². The Labute approximate surface area is 107 Å². The molecule has 0 amide bonds. The monoisotopic (exact) mass is 245 g/mol. The Morgan fingerprint density at radius 1 is 1.24 bits per heavy atom. The molecule has 0 saturated heterocycles. The molecule has 0 unspecified atom stereocenters. The minimum Gasteiger partial charge on any atom is -0.244 e. The third-order valence-electron chi connectivity index (χ3n) is 2.86. The van der Waals surface area contributed by atoms with Crippen molar-refractivity contribution < 1.29 is 0 Å². The van der Waals surface area contributed by atoms with Crippen LogP contribution < -0.4 is 0 Å². The average Bonchev–Trinajstić information content (AvgIpc) is 2.34. The third-order valence-corrected chi connectivity index (χ3v) is 3.26. The van der Waals surface area contributed by atoms with Crippen LogP contribution in [0.3, 0.4) is 0 Å². The first kappa shape index (κ1) is 12.1.